The molecule has 0 amide bonds. The van der Waals surface area contributed by atoms with Gasteiger partial charge in [-0.05, 0) is 20.8 Å². The van der Waals surface area contributed by atoms with Crippen molar-refractivity contribution in [2.75, 3.05) is 20.0 Å². The van der Waals surface area contributed by atoms with Crippen LogP contribution in [0.25, 0.3) is 0 Å². The van der Waals surface area contributed by atoms with E-state index < -0.39 is 10.2 Å². The summed E-state index contributed by atoms with van der Waals surface area (Å²) >= 11 is 5.61. The van der Waals surface area contributed by atoms with Crippen LogP contribution in [0.4, 0.5) is 0 Å². The van der Waals surface area contributed by atoms with Crippen molar-refractivity contribution in [1.82, 2.24) is 8.61 Å². The molecule has 1 atom stereocenters. The van der Waals surface area contributed by atoms with E-state index in [1.165, 1.54) is 8.61 Å². The summed E-state index contributed by atoms with van der Waals surface area (Å²) in [5.74, 6) is 0.293. The van der Waals surface area contributed by atoms with Gasteiger partial charge in [-0.3, -0.25) is 0 Å². The fourth-order valence-corrected chi connectivity index (χ4v) is 2.55. The van der Waals surface area contributed by atoms with Gasteiger partial charge in [0.15, 0.2) is 0 Å². The smallest absolute Gasteiger partial charge is 0.195 e. The number of alkyl halides is 1. The van der Waals surface area contributed by atoms with Crippen molar-refractivity contribution in [2.24, 2.45) is 0 Å². The first-order valence-electron chi connectivity index (χ1n) is 4.52. The van der Waals surface area contributed by atoms with Gasteiger partial charge in [0.25, 0.3) is 10.2 Å². The minimum absolute atomic E-state index is 0.0509. The van der Waals surface area contributed by atoms with Crippen LogP contribution in [-0.4, -0.2) is 49.1 Å². The summed E-state index contributed by atoms with van der Waals surface area (Å²) in [5, 5.41) is 0. The van der Waals surface area contributed by atoms with E-state index in [4.69, 9.17) is 11.6 Å². The van der Waals surface area contributed by atoms with Gasteiger partial charge in [0, 0.05) is 32.1 Å². The van der Waals surface area contributed by atoms with Crippen molar-refractivity contribution in [2.45, 2.75) is 32.9 Å². The molecule has 0 aliphatic rings. The van der Waals surface area contributed by atoms with Gasteiger partial charge < -0.3 is 0 Å². The molecule has 0 aromatic carbocycles. The lowest BCUT2D eigenvalue weighted by Crippen LogP contribution is -2.46. The summed E-state index contributed by atoms with van der Waals surface area (Å²) < 4.78 is 26.4. The SMILES string of the molecule is CC(C)N(C)S(=O)(=O)N(C)C(C)CCl. The lowest BCUT2D eigenvalue weighted by atomic mass is 10.4. The minimum Gasteiger partial charge on any atom is -0.195 e. The van der Waals surface area contributed by atoms with Crippen LogP contribution < -0.4 is 0 Å². The Kier molecular flexibility index (Phi) is 5.36. The molecule has 0 fully saturated rings. The second kappa shape index (κ2) is 5.30. The van der Waals surface area contributed by atoms with E-state index >= 15 is 0 Å². The Morgan fingerprint density at radius 1 is 1.14 bits per heavy atom. The average molecular weight is 243 g/mol. The molecule has 0 aliphatic carbocycles. The van der Waals surface area contributed by atoms with Gasteiger partial charge in [-0.1, -0.05) is 0 Å². The zero-order valence-corrected chi connectivity index (χ0v) is 10.9. The number of rotatable bonds is 5. The van der Waals surface area contributed by atoms with E-state index in [2.05, 4.69) is 0 Å². The second-order valence-electron chi connectivity index (χ2n) is 3.64. The molecule has 0 aromatic rings. The molecule has 86 valence electrons. The van der Waals surface area contributed by atoms with Crippen LogP contribution in [0.2, 0.25) is 0 Å². The molecular weight excluding hydrogens is 224 g/mol. The highest BCUT2D eigenvalue weighted by Crippen LogP contribution is 2.11. The summed E-state index contributed by atoms with van der Waals surface area (Å²) in [5.41, 5.74) is 0. The molecule has 0 rings (SSSR count). The van der Waals surface area contributed by atoms with Crippen LogP contribution in [0, 0.1) is 0 Å². The highest BCUT2D eigenvalue weighted by Gasteiger charge is 2.28. The first-order chi connectivity index (χ1) is 6.25. The van der Waals surface area contributed by atoms with Crippen LogP contribution in [0.5, 0.6) is 0 Å². The maximum absolute atomic E-state index is 11.9. The largest absolute Gasteiger partial charge is 0.281 e. The Morgan fingerprint density at radius 3 is 1.86 bits per heavy atom. The third-order valence-electron chi connectivity index (χ3n) is 2.30. The normalized spacial score (nSPS) is 15.5. The Labute approximate surface area is 92.0 Å². The molecule has 0 N–H and O–H groups in total. The fraction of sp³-hybridized carbons (Fsp3) is 1.00. The maximum atomic E-state index is 11.9. The summed E-state index contributed by atoms with van der Waals surface area (Å²) in [4.78, 5) is 0. The molecule has 4 nitrogen and oxygen atoms in total. The monoisotopic (exact) mass is 242 g/mol. The Morgan fingerprint density at radius 2 is 1.57 bits per heavy atom. The molecular formula is C8H19ClN2O2S. The molecule has 0 aromatic heterocycles. The Hall–Kier alpha value is 0.160. The van der Waals surface area contributed by atoms with Crippen molar-refractivity contribution < 1.29 is 8.42 Å². The zero-order valence-electron chi connectivity index (χ0n) is 9.36. The average Bonchev–Trinajstić information content (AvgIpc) is 2.13. The fourth-order valence-electron chi connectivity index (χ4n) is 0.794. The molecule has 0 saturated carbocycles. The lowest BCUT2D eigenvalue weighted by molar-refractivity contribution is 0.335. The highest BCUT2D eigenvalue weighted by molar-refractivity contribution is 7.86. The number of halogens is 1. The second-order valence-corrected chi connectivity index (χ2v) is 5.99. The van der Waals surface area contributed by atoms with E-state index in [0.29, 0.717) is 5.88 Å². The third-order valence-corrected chi connectivity index (χ3v) is 4.98. The van der Waals surface area contributed by atoms with Gasteiger partial charge in [0.05, 0.1) is 0 Å². The zero-order chi connectivity index (χ0) is 11.5. The predicted octanol–water partition coefficient (Wildman–Crippen LogP) is 1.13. The van der Waals surface area contributed by atoms with Crippen molar-refractivity contribution in [3.8, 4) is 0 Å². The molecule has 0 radical (unpaired) electrons. The van der Waals surface area contributed by atoms with E-state index in [-0.39, 0.29) is 12.1 Å². The van der Waals surface area contributed by atoms with Gasteiger partial charge >= 0.3 is 0 Å². The molecule has 0 saturated heterocycles. The highest BCUT2D eigenvalue weighted by atomic mass is 35.5. The summed E-state index contributed by atoms with van der Waals surface area (Å²) in [6.07, 6.45) is 0. The van der Waals surface area contributed by atoms with Gasteiger partial charge in [-0.15, -0.1) is 11.6 Å². The Bertz CT molecular complexity index is 267. The molecule has 0 spiro atoms. The lowest BCUT2D eigenvalue weighted by Gasteiger charge is -2.29. The molecule has 6 heteroatoms. The van der Waals surface area contributed by atoms with Crippen molar-refractivity contribution in [3.05, 3.63) is 0 Å². The van der Waals surface area contributed by atoms with Crippen LogP contribution in [0.1, 0.15) is 20.8 Å². The quantitative estimate of drug-likeness (QED) is 0.679. The van der Waals surface area contributed by atoms with Crippen LogP contribution in [0.3, 0.4) is 0 Å². The molecule has 0 heterocycles. The number of nitrogens with zero attached hydrogens (tertiary/aromatic N) is 2. The molecule has 0 bridgehead atoms. The summed E-state index contributed by atoms with van der Waals surface area (Å²) in [6, 6.07) is -0.243. The minimum atomic E-state index is -3.37. The van der Waals surface area contributed by atoms with Gasteiger partial charge in [-0.2, -0.15) is 17.0 Å². The predicted molar refractivity (Wildman–Crippen MR) is 59.8 cm³/mol. The van der Waals surface area contributed by atoms with E-state index in [1.54, 1.807) is 21.0 Å². The topological polar surface area (TPSA) is 40.6 Å². The first-order valence-corrected chi connectivity index (χ1v) is 6.45. The Balaban J connectivity index is 4.79. The standard InChI is InChI=1S/C8H19ClN2O2S/c1-7(2)10(4)14(12,13)11(5)8(3)6-9/h7-8H,6H2,1-5H3. The van der Waals surface area contributed by atoms with Gasteiger partial charge in [-0.25, -0.2) is 0 Å². The van der Waals surface area contributed by atoms with Gasteiger partial charge in [0.1, 0.15) is 0 Å². The van der Waals surface area contributed by atoms with Crippen LogP contribution in [0.15, 0.2) is 0 Å². The maximum Gasteiger partial charge on any atom is 0.281 e. The van der Waals surface area contributed by atoms with Crippen molar-refractivity contribution in [3.63, 3.8) is 0 Å². The third kappa shape index (κ3) is 3.08. The molecule has 0 aliphatic heterocycles. The van der Waals surface area contributed by atoms with E-state index in [1.807, 2.05) is 13.8 Å². The van der Waals surface area contributed by atoms with Crippen molar-refractivity contribution in [1.29, 1.82) is 0 Å². The first kappa shape index (κ1) is 14.2. The van der Waals surface area contributed by atoms with Gasteiger partial charge in [0.2, 0.25) is 0 Å². The molecule has 1 unspecified atom stereocenters. The van der Waals surface area contributed by atoms with E-state index in [0.717, 1.165) is 0 Å². The van der Waals surface area contributed by atoms with Crippen LogP contribution in [-0.2, 0) is 10.2 Å². The van der Waals surface area contributed by atoms with Crippen LogP contribution >= 0.6 is 11.6 Å². The van der Waals surface area contributed by atoms with E-state index in [9.17, 15) is 8.42 Å². The summed E-state index contributed by atoms with van der Waals surface area (Å²) in [6.45, 7) is 5.44. The summed E-state index contributed by atoms with van der Waals surface area (Å²) in [7, 11) is -0.258. The number of hydrogen-bond acceptors (Lipinski definition) is 2. The molecule has 14 heavy (non-hydrogen) atoms. The van der Waals surface area contributed by atoms with Crippen molar-refractivity contribution >= 4 is 21.8 Å². The number of hydrogen-bond donors (Lipinski definition) is 0.